The molecule has 2 N–H and O–H groups in total. The Labute approximate surface area is 72.2 Å². The van der Waals surface area contributed by atoms with Gasteiger partial charge in [-0.1, -0.05) is 0 Å². The highest BCUT2D eigenvalue weighted by Gasteiger charge is 2.74. The minimum absolute atomic E-state index is 0.00218. The molecule has 0 aromatic heterocycles. The Bertz CT molecular complexity index is 322. The first kappa shape index (κ1) is 7.33. The molecule has 4 rings (SSSR count). The van der Waals surface area contributed by atoms with Gasteiger partial charge in [0, 0.05) is 5.54 Å². The number of sulfone groups is 1. The average Bonchev–Trinajstić information content (AvgIpc) is 2.57. The van der Waals surface area contributed by atoms with Crippen molar-refractivity contribution in [1.82, 2.24) is 0 Å². The molecule has 0 unspecified atom stereocenters. The molecule has 0 amide bonds. The predicted octanol–water partition coefficient (Wildman–Crippen LogP) is 0.197. The molecular formula is C8H13NO2S. The minimum Gasteiger partial charge on any atom is -0.325 e. The third kappa shape index (κ3) is 0.610. The highest BCUT2D eigenvalue weighted by atomic mass is 32.2. The van der Waals surface area contributed by atoms with Crippen molar-refractivity contribution in [2.75, 3.05) is 0 Å². The lowest BCUT2D eigenvalue weighted by molar-refractivity contribution is 0.00958. The maximum atomic E-state index is 11.8. The molecule has 68 valence electrons. The van der Waals surface area contributed by atoms with Gasteiger partial charge in [0.1, 0.15) is 0 Å². The van der Waals surface area contributed by atoms with Gasteiger partial charge in [-0.15, -0.1) is 0 Å². The highest BCUT2D eigenvalue weighted by Crippen LogP contribution is 2.65. The van der Waals surface area contributed by atoms with Crippen LogP contribution in [0, 0.1) is 0 Å². The third-order valence-electron chi connectivity index (χ3n) is 3.59. The van der Waals surface area contributed by atoms with Crippen molar-refractivity contribution in [1.29, 1.82) is 0 Å². The summed E-state index contributed by atoms with van der Waals surface area (Å²) in [5.74, 6) is 0. The minimum atomic E-state index is -2.78. The van der Waals surface area contributed by atoms with E-state index < -0.39 is 9.84 Å². The van der Waals surface area contributed by atoms with Crippen LogP contribution in [0.1, 0.15) is 32.1 Å². The molecular weight excluding hydrogens is 174 g/mol. The first-order chi connectivity index (χ1) is 5.48. The van der Waals surface area contributed by atoms with E-state index in [0.29, 0.717) is 0 Å². The van der Waals surface area contributed by atoms with Crippen LogP contribution in [0.25, 0.3) is 0 Å². The van der Waals surface area contributed by atoms with Crippen LogP contribution in [0.3, 0.4) is 0 Å². The van der Waals surface area contributed by atoms with Crippen LogP contribution in [-0.4, -0.2) is 24.0 Å². The molecule has 0 aromatic rings. The SMILES string of the molecule is NC12CC(S(=O)(=O)C3CC3)(C1)C2. The smallest absolute Gasteiger partial charge is 0.159 e. The molecule has 0 aliphatic heterocycles. The topological polar surface area (TPSA) is 60.2 Å². The highest BCUT2D eigenvalue weighted by molar-refractivity contribution is 7.93. The predicted molar refractivity (Wildman–Crippen MR) is 45.4 cm³/mol. The Morgan fingerprint density at radius 1 is 1.17 bits per heavy atom. The maximum Gasteiger partial charge on any atom is 0.159 e. The zero-order valence-electron chi connectivity index (χ0n) is 6.91. The molecule has 4 heteroatoms. The van der Waals surface area contributed by atoms with Crippen LogP contribution in [0.5, 0.6) is 0 Å². The molecule has 0 atom stereocenters. The summed E-state index contributed by atoms with van der Waals surface area (Å²) in [5, 5.41) is 0.00218. The summed E-state index contributed by atoms with van der Waals surface area (Å²) in [4.78, 5) is 0. The number of nitrogens with two attached hydrogens (primary N) is 1. The molecule has 0 spiro atoms. The van der Waals surface area contributed by atoms with Crippen LogP contribution in [0.2, 0.25) is 0 Å². The van der Waals surface area contributed by atoms with Crippen molar-refractivity contribution in [3.8, 4) is 0 Å². The van der Waals surface area contributed by atoms with Crippen molar-refractivity contribution in [2.45, 2.75) is 47.6 Å². The zero-order valence-corrected chi connectivity index (χ0v) is 7.73. The van der Waals surface area contributed by atoms with Gasteiger partial charge in [0.2, 0.25) is 0 Å². The molecule has 12 heavy (non-hydrogen) atoms. The fraction of sp³-hybridized carbons (Fsp3) is 1.00. The van der Waals surface area contributed by atoms with Gasteiger partial charge < -0.3 is 5.73 Å². The van der Waals surface area contributed by atoms with Crippen LogP contribution in [0.4, 0.5) is 0 Å². The van der Waals surface area contributed by atoms with Crippen LogP contribution in [0.15, 0.2) is 0 Å². The van der Waals surface area contributed by atoms with Crippen molar-refractivity contribution in [3.63, 3.8) is 0 Å². The van der Waals surface area contributed by atoms with E-state index >= 15 is 0 Å². The lowest BCUT2D eigenvalue weighted by Gasteiger charge is -2.67. The molecule has 4 fully saturated rings. The average molecular weight is 187 g/mol. The van der Waals surface area contributed by atoms with E-state index in [4.69, 9.17) is 5.73 Å². The summed E-state index contributed by atoms with van der Waals surface area (Å²) >= 11 is 0. The Hall–Kier alpha value is -0.0900. The summed E-state index contributed by atoms with van der Waals surface area (Å²) in [6, 6.07) is 0. The Morgan fingerprint density at radius 2 is 1.67 bits per heavy atom. The fourth-order valence-corrected chi connectivity index (χ4v) is 5.73. The van der Waals surface area contributed by atoms with Gasteiger partial charge in [-0.25, -0.2) is 8.42 Å². The number of hydrogen-bond acceptors (Lipinski definition) is 3. The van der Waals surface area contributed by atoms with Gasteiger partial charge in [0.25, 0.3) is 0 Å². The molecule has 3 nitrogen and oxygen atoms in total. The second-order valence-corrected chi connectivity index (χ2v) is 7.44. The van der Waals surface area contributed by atoms with E-state index in [0.717, 1.165) is 32.1 Å². The van der Waals surface area contributed by atoms with Crippen molar-refractivity contribution in [3.05, 3.63) is 0 Å². The van der Waals surface area contributed by atoms with Gasteiger partial charge >= 0.3 is 0 Å². The molecule has 0 heterocycles. The van der Waals surface area contributed by atoms with Gasteiger partial charge in [0.15, 0.2) is 9.84 Å². The molecule has 0 radical (unpaired) electrons. The summed E-state index contributed by atoms with van der Waals surface area (Å²) in [7, 11) is -2.78. The second kappa shape index (κ2) is 1.60. The molecule has 2 bridgehead atoms. The van der Waals surface area contributed by atoms with Crippen molar-refractivity contribution in [2.24, 2.45) is 5.73 Å². The Kier molecular flexibility index (Phi) is 0.974. The van der Waals surface area contributed by atoms with Gasteiger partial charge in [-0.2, -0.15) is 0 Å². The number of hydrogen-bond donors (Lipinski definition) is 1. The van der Waals surface area contributed by atoms with E-state index in [-0.39, 0.29) is 15.5 Å². The number of rotatable bonds is 2. The lowest BCUT2D eigenvalue weighted by atomic mass is 9.49. The third-order valence-corrected chi connectivity index (χ3v) is 6.58. The summed E-state index contributed by atoms with van der Waals surface area (Å²) in [6.45, 7) is 0. The van der Waals surface area contributed by atoms with Crippen LogP contribution >= 0.6 is 0 Å². The largest absolute Gasteiger partial charge is 0.325 e. The first-order valence-corrected chi connectivity index (χ1v) is 6.05. The van der Waals surface area contributed by atoms with Gasteiger partial charge in [-0.3, -0.25) is 0 Å². The Balaban J connectivity index is 1.91. The molecule has 4 aliphatic rings. The van der Waals surface area contributed by atoms with E-state index in [9.17, 15) is 8.42 Å². The monoisotopic (exact) mass is 187 g/mol. The molecule has 4 saturated carbocycles. The normalized spacial score (nSPS) is 51.1. The standard InChI is InChI=1S/C8H13NO2S/c9-7-3-8(4-7,5-7)12(10,11)6-1-2-6/h6H,1-5,9H2. The van der Waals surface area contributed by atoms with Gasteiger partial charge in [-0.05, 0) is 32.1 Å². The summed E-state index contributed by atoms with van der Waals surface area (Å²) < 4.78 is 23.3. The van der Waals surface area contributed by atoms with Crippen LogP contribution in [-0.2, 0) is 9.84 Å². The zero-order chi connectivity index (χ0) is 8.61. The lowest BCUT2D eigenvalue weighted by Crippen LogP contribution is -2.79. The second-order valence-electron chi connectivity index (χ2n) is 4.82. The van der Waals surface area contributed by atoms with E-state index in [2.05, 4.69) is 0 Å². The Morgan fingerprint density at radius 3 is 2.00 bits per heavy atom. The fourth-order valence-electron chi connectivity index (χ4n) is 2.80. The van der Waals surface area contributed by atoms with E-state index in [1.807, 2.05) is 0 Å². The van der Waals surface area contributed by atoms with E-state index in [1.54, 1.807) is 0 Å². The van der Waals surface area contributed by atoms with Crippen molar-refractivity contribution >= 4 is 9.84 Å². The summed E-state index contributed by atoms with van der Waals surface area (Å²) in [5.41, 5.74) is 5.74. The van der Waals surface area contributed by atoms with Crippen molar-refractivity contribution < 1.29 is 8.42 Å². The van der Waals surface area contributed by atoms with E-state index in [1.165, 1.54) is 0 Å². The van der Waals surface area contributed by atoms with Gasteiger partial charge in [0.05, 0.1) is 10.00 Å². The molecule has 0 saturated heterocycles. The molecule has 4 aliphatic carbocycles. The summed E-state index contributed by atoms with van der Waals surface area (Å²) in [6.07, 6.45) is 3.99. The molecule has 0 aromatic carbocycles. The van der Waals surface area contributed by atoms with Crippen LogP contribution < -0.4 is 5.73 Å². The quantitative estimate of drug-likeness (QED) is 0.671. The maximum absolute atomic E-state index is 11.8. The first-order valence-electron chi connectivity index (χ1n) is 4.50.